The lowest BCUT2D eigenvalue weighted by molar-refractivity contribution is 0.0899. The van der Waals surface area contributed by atoms with E-state index in [1.165, 1.54) is 18.2 Å². The second kappa shape index (κ2) is 5.56. The summed E-state index contributed by atoms with van der Waals surface area (Å²) in [6.07, 6.45) is 3.29. The van der Waals surface area contributed by atoms with Gasteiger partial charge in [-0.1, -0.05) is 18.9 Å². The van der Waals surface area contributed by atoms with Crippen LogP contribution in [0.4, 0.5) is 8.78 Å². The highest BCUT2D eigenvalue weighted by Gasteiger charge is 2.22. The maximum absolute atomic E-state index is 13.4. The van der Waals surface area contributed by atoms with Gasteiger partial charge < -0.3 is 10.4 Å². The molecule has 2 nitrogen and oxygen atoms in total. The van der Waals surface area contributed by atoms with Crippen molar-refractivity contribution in [2.24, 2.45) is 0 Å². The summed E-state index contributed by atoms with van der Waals surface area (Å²) in [5, 5.41) is 12.8. The molecule has 1 aromatic rings. The average Bonchev–Trinajstić information content (AvgIpc) is 2.30. The molecule has 94 valence electrons. The van der Waals surface area contributed by atoms with Gasteiger partial charge in [-0.25, -0.2) is 8.78 Å². The van der Waals surface area contributed by atoms with E-state index in [1.54, 1.807) is 0 Å². The van der Waals surface area contributed by atoms with Gasteiger partial charge in [0.2, 0.25) is 0 Å². The molecule has 0 aromatic heterocycles. The molecule has 0 bridgehead atoms. The molecule has 0 spiro atoms. The number of halogens is 2. The van der Waals surface area contributed by atoms with Crippen LogP contribution in [-0.2, 0) is 6.54 Å². The number of benzene rings is 1. The summed E-state index contributed by atoms with van der Waals surface area (Å²) < 4.78 is 26.7. The SMILES string of the molecule is OC1CCCCC1NCc1c(F)cccc1F. The first-order valence-corrected chi connectivity index (χ1v) is 6.03. The van der Waals surface area contributed by atoms with E-state index in [4.69, 9.17) is 0 Å². The van der Waals surface area contributed by atoms with Gasteiger partial charge in [0.25, 0.3) is 0 Å². The molecule has 2 atom stereocenters. The van der Waals surface area contributed by atoms with E-state index in [0.717, 1.165) is 25.7 Å². The van der Waals surface area contributed by atoms with Crippen molar-refractivity contribution < 1.29 is 13.9 Å². The second-order valence-corrected chi connectivity index (χ2v) is 4.54. The van der Waals surface area contributed by atoms with Crippen LogP contribution in [0.1, 0.15) is 31.2 Å². The van der Waals surface area contributed by atoms with Crippen LogP contribution in [0.3, 0.4) is 0 Å². The molecule has 1 saturated carbocycles. The maximum Gasteiger partial charge on any atom is 0.130 e. The fourth-order valence-electron chi connectivity index (χ4n) is 2.28. The predicted molar refractivity (Wildman–Crippen MR) is 61.5 cm³/mol. The summed E-state index contributed by atoms with van der Waals surface area (Å²) >= 11 is 0. The lowest BCUT2D eigenvalue weighted by Crippen LogP contribution is -2.41. The Labute approximate surface area is 99.7 Å². The lowest BCUT2D eigenvalue weighted by atomic mass is 9.92. The van der Waals surface area contributed by atoms with Crippen LogP contribution in [0.2, 0.25) is 0 Å². The molecule has 0 saturated heterocycles. The molecule has 1 aliphatic carbocycles. The smallest absolute Gasteiger partial charge is 0.130 e. The van der Waals surface area contributed by atoms with Crippen LogP contribution in [-0.4, -0.2) is 17.3 Å². The van der Waals surface area contributed by atoms with Crippen molar-refractivity contribution in [3.63, 3.8) is 0 Å². The molecule has 0 radical (unpaired) electrons. The molecule has 2 unspecified atom stereocenters. The van der Waals surface area contributed by atoms with Gasteiger partial charge in [0, 0.05) is 18.2 Å². The Kier molecular flexibility index (Phi) is 4.07. The van der Waals surface area contributed by atoms with Gasteiger partial charge in [-0.2, -0.15) is 0 Å². The van der Waals surface area contributed by atoms with Crippen molar-refractivity contribution in [2.45, 2.75) is 44.4 Å². The van der Waals surface area contributed by atoms with Crippen molar-refractivity contribution in [1.82, 2.24) is 5.32 Å². The Morgan fingerprint density at radius 2 is 1.82 bits per heavy atom. The molecule has 4 heteroatoms. The van der Waals surface area contributed by atoms with Crippen LogP contribution >= 0.6 is 0 Å². The fourth-order valence-corrected chi connectivity index (χ4v) is 2.28. The molecule has 2 rings (SSSR count). The van der Waals surface area contributed by atoms with E-state index in [-0.39, 0.29) is 18.2 Å². The van der Waals surface area contributed by atoms with E-state index in [0.29, 0.717) is 0 Å². The second-order valence-electron chi connectivity index (χ2n) is 4.54. The lowest BCUT2D eigenvalue weighted by Gasteiger charge is -2.28. The zero-order valence-electron chi connectivity index (χ0n) is 9.63. The first-order chi connectivity index (χ1) is 8.18. The van der Waals surface area contributed by atoms with Gasteiger partial charge in [0.05, 0.1) is 6.10 Å². The Hall–Kier alpha value is -1.00. The van der Waals surface area contributed by atoms with Crippen molar-refractivity contribution in [2.75, 3.05) is 0 Å². The van der Waals surface area contributed by atoms with Crippen LogP contribution in [0.15, 0.2) is 18.2 Å². The summed E-state index contributed by atoms with van der Waals surface area (Å²) in [5.41, 5.74) is 0.0465. The Balaban J connectivity index is 1.97. The fraction of sp³-hybridized carbons (Fsp3) is 0.538. The maximum atomic E-state index is 13.4. The largest absolute Gasteiger partial charge is 0.392 e. The highest BCUT2D eigenvalue weighted by atomic mass is 19.1. The quantitative estimate of drug-likeness (QED) is 0.851. The highest BCUT2D eigenvalue weighted by molar-refractivity contribution is 5.19. The third-order valence-corrected chi connectivity index (χ3v) is 3.33. The number of hydrogen-bond donors (Lipinski definition) is 2. The third kappa shape index (κ3) is 3.01. The van der Waals surface area contributed by atoms with Crippen LogP contribution in [0.5, 0.6) is 0 Å². The Morgan fingerprint density at radius 3 is 2.47 bits per heavy atom. The van der Waals surface area contributed by atoms with Crippen molar-refractivity contribution in [3.8, 4) is 0 Å². The topological polar surface area (TPSA) is 32.3 Å². The molecular formula is C13H17F2NO. The zero-order chi connectivity index (χ0) is 12.3. The van der Waals surface area contributed by atoms with Crippen LogP contribution < -0.4 is 5.32 Å². The number of hydrogen-bond acceptors (Lipinski definition) is 2. The number of aliphatic hydroxyl groups excluding tert-OH is 1. The molecule has 1 fully saturated rings. The first kappa shape index (κ1) is 12.5. The van der Waals surface area contributed by atoms with Gasteiger partial charge in [-0.05, 0) is 25.0 Å². The monoisotopic (exact) mass is 241 g/mol. The Bertz CT molecular complexity index is 363. The van der Waals surface area contributed by atoms with E-state index in [9.17, 15) is 13.9 Å². The van der Waals surface area contributed by atoms with Crippen molar-refractivity contribution >= 4 is 0 Å². The average molecular weight is 241 g/mol. The van der Waals surface area contributed by atoms with Gasteiger partial charge in [-0.3, -0.25) is 0 Å². The molecular weight excluding hydrogens is 224 g/mol. The zero-order valence-corrected chi connectivity index (χ0v) is 9.63. The summed E-state index contributed by atoms with van der Waals surface area (Å²) in [6.45, 7) is 0.125. The number of aliphatic hydroxyl groups is 1. The van der Waals surface area contributed by atoms with Gasteiger partial charge in [0.15, 0.2) is 0 Å². The minimum Gasteiger partial charge on any atom is -0.392 e. The van der Waals surface area contributed by atoms with Crippen molar-refractivity contribution in [3.05, 3.63) is 35.4 Å². The summed E-state index contributed by atoms with van der Waals surface area (Å²) in [5.74, 6) is -1.08. The van der Waals surface area contributed by atoms with Gasteiger partial charge >= 0.3 is 0 Å². The molecule has 1 aromatic carbocycles. The molecule has 2 N–H and O–H groups in total. The standard InChI is InChI=1S/C13H17F2NO/c14-10-4-3-5-11(15)9(10)8-16-12-6-1-2-7-13(12)17/h3-5,12-13,16-17H,1-2,6-8H2. The molecule has 0 amide bonds. The van der Waals surface area contributed by atoms with E-state index in [2.05, 4.69) is 5.32 Å². The van der Waals surface area contributed by atoms with Gasteiger partial charge in [0.1, 0.15) is 11.6 Å². The van der Waals surface area contributed by atoms with Crippen LogP contribution in [0, 0.1) is 11.6 Å². The number of rotatable bonds is 3. The van der Waals surface area contributed by atoms with E-state index in [1.807, 2.05) is 0 Å². The molecule has 0 aliphatic heterocycles. The summed E-state index contributed by atoms with van der Waals surface area (Å²) in [4.78, 5) is 0. The third-order valence-electron chi connectivity index (χ3n) is 3.33. The minimum atomic E-state index is -0.539. The normalized spacial score (nSPS) is 24.9. The number of nitrogens with one attached hydrogen (secondary N) is 1. The predicted octanol–water partition coefficient (Wildman–Crippen LogP) is 2.36. The highest BCUT2D eigenvalue weighted by Crippen LogP contribution is 2.19. The summed E-state index contributed by atoms with van der Waals surface area (Å²) in [6, 6.07) is 3.79. The van der Waals surface area contributed by atoms with E-state index < -0.39 is 17.7 Å². The van der Waals surface area contributed by atoms with Crippen molar-refractivity contribution in [1.29, 1.82) is 0 Å². The molecule has 17 heavy (non-hydrogen) atoms. The molecule has 1 aliphatic rings. The Morgan fingerprint density at radius 1 is 1.18 bits per heavy atom. The minimum absolute atomic E-state index is 0.0465. The van der Waals surface area contributed by atoms with E-state index >= 15 is 0 Å². The first-order valence-electron chi connectivity index (χ1n) is 6.03. The summed E-state index contributed by atoms with van der Waals surface area (Å²) in [7, 11) is 0. The molecule has 0 heterocycles. The van der Waals surface area contributed by atoms with Crippen LogP contribution in [0.25, 0.3) is 0 Å². The van der Waals surface area contributed by atoms with Gasteiger partial charge in [-0.15, -0.1) is 0 Å².